The van der Waals surface area contributed by atoms with Crippen LogP contribution in [0.1, 0.15) is 48.5 Å². The molecule has 1 fully saturated rings. The summed E-state index contributed by atoms with van der Waals surface area (Å²) < 4.78 is 8.90. The van der Waals surface area contributed by atoms with Crippen LogP contribution < -0.4 is 0 Å². The Labute approximate surface area is 103 Å². The first kappa shape index (κ1) is 16.2. The second-order valence-electron chi connectivity index (χ2n) is 5.88. The second-order valence-corrected chi connectivity index (χ2v) is 5.88. The summed E-state index contributed by atoms with van der Waals surface area (Å²) in [5, 5.41) is 0. The highest BCUT2D eigenvalue weighted by Gasteiger charge is 2.19. The van der Waals surface area contributed by atoms with Crippen molar-refractivity contribution in [2.75, 3.05) is 6.61 Å². The topological polar surface area (TPSA) is 54.0 Å². The number of carbonyl (C=O) groups is 1. The molecule has 0 aromatic heterocycles. The number of rotatable bonds is 1. The fraction of sp³-hybridized carbons (Fsp3) is 0.917. The highest BCUT2D eigenvalue weighted by atomic mass is 17.2. The summed E-state index contributed by atoms with van der Waals surface area (Å²) in [5.74, 6) is 0. The maximum absolute atomic E-state index is 10.0. The van der Waals surface area contributed by atoms with E-state index in [9.17, 15) is 4.79 Å². The molecule has 0 amide bonds. The fourth-order valence-electron chi connectivity index (χ4n) is 0.668. The van der Waals surface area contributed by atoms with Crippen molar-refractivity contribution in [1.82, 2.24) is 0 Å². The van der Waals surface area contributed by atoms with Gasteiger partial charge in [0, 0.05) is 0 Å². The first-order valence-corrected chi connectivity index (χ1v) is 5.70. The van der Waals surface area contributed by atoms with Crippen molar-refractivity contribution in [3.8, 4) is 0 Å². The third-order valence-corrected chi connectivity index (χ3v) is 1.27. The van der Waals surface area contributed by atoms with Gasteiger partial charge in [0.1, 0.15) is 12.7 Å². The van der Waals surface area contributed by atoms with Crippen LogP contribution in [0.5, 0.6) is 0 Å². The van der Waals surface area contributed by atoms with Gasteiger partial charge in [-0.25, -0.2) is 14.6 Å². The Bertz CT molecular complexity index is 222. The lowest BCUT2D eigenvalue weighted by Crippen LogP contribution is -2.27. The van der Waals surface area contributed by atoms with Crippen LogP contribution >= 0.6 is 0 Å². The average Bonchev–Trinajstić information content (AvgIpc) is 2.45. The Balaban J connectivity index is 0.000000318. The van der Waals surface area contributed by atoms with E-state index in [1.807, 2.05) is 41.5 Å². The van der Waals surface area contributed by atoms with Gasteiger partial charge in [0.25, 0.3) is 0 Å². The minimum Gasteiger partial charge on any atom is -0.430 e. The molecule has 5 heteroatoms. The molecule has 1 aliphatic heterocycles. The Morgan fingerprint density at radius 3 is 1.59 bits per heavy atom. The molecule has 1 saturated heterocycles. The molecule has 0 radical (unpaired) electrons. The van der Waals surface area contributed by atoms with Crippen LogP contribution in [0.2, 0.25) is 0 Å². The van der Waals surface area contributed by atoms with Crippen LogP contribution in [0.15, 0.2) is 0 Å². The van der Waals surface area contributed by atoms with Gasteiger partial charge in [-0.1, -0.05) is 0 Å². The van der Waals surface area contributed by atoms with Gasteiger partial charge in [-0.15, -0.1) is 0 Å². The van der Waals surface area contributed by atoms with E-state index in [0.29, 0.717) is 6.61 Å². The molecule has 0 aromatic rings. The van der Waals surface area contributed by atoms with E-state index in [1.165, 1.54) is 0 Å². The lowest BCUT2D eigenvalue weighted by molar-refractivity contribution is -0.393. The molecule has 5 nitrogen and oxygen atoms in total. The summed E-state index contributed by atoms with van der Waals surface area (Å²) in [7, 11) is 0. The Hall–Kier alpha value is -0.810. The van der Waals surface area contributed by atoms with E-state index in [4.69, 9.17) is 9.78 Å². The molecule has 1 unspecified atom stereocenters. The van der Waals surface area contributed by atoms with E-state index in [1.54, 1.807) is 6.92 Å². The van der Waals surface area contributed by atoms with Crippen molar-refractivity contribution in [2.24, 2.45) is 0 Å². The van der Waals surface area contributed by atoms with Crippen molar-refractivity contribution in [1.29, 1.82) is 0 Å². The average molecular weight is 248 g/mol. The van der Waals surface area contributed by atoms with Gasteiger partial charge in [-0.2, -0.15) is 0 Å². The molecule has 1 rings (SSSR count). The van der Waals surface area contributed by atoms with Crippen LogP contribution in [-0.4, -0.2) is 30.1 Å². The molecule has 0 aromatic carbocycles. The maximum Gasteiger partial charge on any atom is 0.508 e. The van der Waals surface area contributed by atoms with Gasteiger partial charge in [-0.05, 0) is 48.5 Å². The van der Waals surface area contributed by atoms with E-state index >= 15 is 0 Å². The van der Waals surface area contributed by atoms with E-state index in [2.05, 4.69) is 9.47 Å². The van der Waals surface area contributed by atoms with Gasteiger partial charge < -0.3 is 9.47 Å². The molecule has 0 saturated carbocycles. The Morgan fingerprint density at radius 2 is 1.47 bits per heavy atom. The van der Waals surface area contributed by atoms with Crippen molar-refractivity contribution in [2.45, 2.75) is 65.8 Å². The summed E-state index contributed by atoms with van der Waals surface area (Å²) >= 11 is 0. The molecular formula is C12H24O5. The lowest BCUT2D eigenvalue weighted by atomic mass is 10.2. The van der Waals surface area contributed by atoms with E-state index < -0.39 is 6.16 Å². The van der Waals surface area contributed by atoms with Gasteiger partial charge in [0.2, 0.25) is 0 Å². The quantitative estimate of drug-likeness (QED) is 0.405. The Morgan fingerprint density at radius 1 is 1.06 bits per heavy atom. The standard InChI is InChI=1S/C8H18O2.C4H6O3/c1-7(2,3)9-10-8(4,5)6;1-3-2-6-4(5)7-3/h1-6H3;3H,2H2,1H3. The predicted molar refractivity (Wildman–Crippen MR) is 63.6 cm³/mol. The summed E-state index contributed by atoms with van der Waals surface area (Å²) in [5.41, 5.74) is -0.430. The molecule has 0 N–H and O–H groups in total. The summed E-state index contributed by atoms with van der Waals surface area (Å²) in [6.07, 6.45) is -0.597. The zero-order chi connectivity index (χ0) is 13.7. The number of hydrogen-bond donors (Lipinski definition) is 0. The smallest absolute Gasteiger partial charge is 0.430 e. The molecule has 0 aliphatic carbocycles. The number of hydrogen-bond acceptors (Lipinski definition) is 5. The molecule has 1 heterocycles. The maximum atomic E-state index is 10.0. The minimum absolute atomic E-state index is 0.0486. The summed E-state index contributed by atoms with van der Waals surface area (Å²) in [6.45, 7) is 13.9. The lowest BCUT2D eigenvalue weighted by Gasteiger charge is -2.24. The molecular weight excluding hydrogens is 224 g/mol. The van der Waals surface area contributed by atoms with Gasteiger partial charge in [0.15, 0.2) is 0 Å². The van der Waals surface area contributed by atoms with E-state index in [0.717, 1.165) is 0 Å². The van der Waals surface area contributed by atoms with Crippen molar-refractivity contribution < 1.29 is 24.0 Å². The fourth-order valence-corrected chi connectivity index (χ4v) is 0.668. The minimum atomic E-state index is -0.549. The van der Waals surface area contributed by atoms with Crippen LogP contribution in [0.25, 0.3) is 0 Å². The highest BCUT2D eigenvalue weighted by molar-refractivity contribution is 5.61. The van der Waals surface area contributed by atoms with Gasteiger partial charge in [0.05, 0.1) is 11.2 Å². The van der Waals surface area contributed by atoms with Crippen LogP contribution in [0, 0.1) is 0 Å². The number of cyclic esters (lactones) is 2. The van der Waals surface area contributed by atoms with E-state index in [-0.39, 0.29) is 17.3 Å². The molecule has 1 atom stereocenters. The molecule has 17 heavy (non-hydrogen) atoms. The monoisotopic (exact) mass is 248 g/mol. The second kappa shape index (κ2) is 6.21. The summed E-state index contributed by atoms with van der Waals surface area (Å²) in [4.78, 5) is 20.2. The SMILES string of the molecule is CC(C)(C)OOC(C)(C)C.CC1COC(=O)O1. The van der Waals surface area contributed by atoms with Crippen LogP contribution in [0.4, 0.5) is 4.79 Å². The highest BCUT2D eigenvalue weighted by Crippen LogP contribution is 2.14. The first-order chi connectivity index (χ1) is 7.49. The van der Waals surface area contributed by atoms with Crippen molar-refractivity contribution >= 4 is 6.16 Å². The third-order valence-electron chi connectivity index (χ3n) is 1.27. The van der Waals surface area contributed by atoms with Gasteiger partial charge in [-0.3, -0.25) is 0 Å². The summed E-state index contributed by atoms with van der Waals surface area (Å²) in [6, 6.07) is 0. The van der Waals surface area contributed by atoms with Crippen molar-refractivity contribution in [3.63, 3.8) is 0 Å². The molecule has 1 aliphatic rings. The first-order valence-electron chi connectivity index (χ1n) is 5.70. The number of carbonyl (C=O) groups excluding carboxylic acids is 1. The van der Waals surface area contributed by atoms with Crippen LogP contribution in [-0.2, 0) is 19.2 Å². The largest absolute Gasteiger partial charge is 0.508 e. The molecule has 0 spiro atoms. The van der Waals surface area contributed by atoms with Crippen LogP contribution in [0.3, 0.4) is 0 Å². The predicted octanol–water partition coefficient (Wildman–Crippen LogP) is 3.07. The normalized spacial score (nSPS) is 20.2. The number of ether oxygens (including phenoxy) is 2. The van der Waals surface area contributed by atoms with Gasteiger partial charge >= 0.3 is 6.16 Å². The molecule has 102 valence electrons. The Kier molecular flexibility index (Phi) is 5.92. The zero-order valence-electron chi connectivity index (χ0n) is 11.8. The zero-order valence-corrected chi connectivity index (χ0v) is 11.8. The third kappa shape index (κ3) is 11.5. The molecule has 0 bridgehead atoms. The van der Waals surface area contributed by atoms with Crippen molar-refractivity contribution in [3.05, 3.63) is 0 Å².